The SMILES string of the molecule is C/C=C\C=C(\C(C)C)C(C#N)C(C)C. The van der Waals surface area contributed by atoms with E-state index in [1.807, 2.05) is 19.1 Å². The summed E-state index contributed by atoms with van der Waals surface area (Å²) < 4.78 is 0. The number of hydrogen-bond acceptors (Lipinski definition) is 1. The lowest BCUT2D eigenvalue weighted by Gasteiger charge is -2.20. The Hall–Kier alpha value is -1.03. The first-order chi connectivity index (χ1) is 6.54. The summed E-state index contributed by atoms with van der Waals surface area (Å²) in [7, 11) is 0. The summed E-state index contributed by atoms with van der Waals surface area (Å²) in [4.78, 5) is 0. The van der Waals surface area contributed by atoms with E-state index in [-0.39, 0.29) is 5.92 Å². The van der Waals surface area contributed by atoms with Gasteiger partial charge in [0.25, 0.3) is 0 Å². The molecule has 0 aliphatic carbocycles. The average molecular weight is 191 g/mol. The highest BCUT2D eigenvalue weighted by Gasteiger charge is 2.19. The molecule has 0 aromatic rings. The number of nitriles is 1. The van der Waals surface area contributed by atoms with Crippen molar-refractivity contribution < 1.29 is 0 Å². The van der Waals surface area contributed by atoms with Crippen molar-refractivity contribution in [3.63, 3.8) is 0 Å². The monoisotopic (exact) mass is 191 g/mol. The van der Waals surface area contributed by atoms with Crippen LogP contribution in [-0.4, -0.2) is 0 Å². The van der Waals surface area contributed by atoms with E-state index in [1.165, 1.54) is 5.57 Å². The van der Waals surface area contributed by atoms with Crippen LogP contribution in [0.25, 0.3) is 0 Å². The molecule has 0 aliphatic heterocycles. The van der Waals surface area contributed by atoms with Crippen molar-refractivity contribution in [1.82, 2.24) is 0 Å². The molecule has 0 fully saturated rings. The maximum atomic E-state index is 9.10. The second kappa shape index (κ2) is 6.43. The van der Waals surface area contributed by atoms with Gasteiger partial charge < -0.3 is 0 Å². The summed E-state index contributed by atoms with van der Waals surface area (Å²) in [5, 5.41) is 9.10. The molecule has 0 saturated carbocycles. The van der Waals surface area contributed by atoms with E-state index in [0.717, 1.165) is 0 Å². The van der Waals surface area contributed by atoms with Crippen LogP contribution in [0.5, 0.6) is 0 Å². The molecule has 0 bridgehead atoms. The van der Waals surface area contributed by atoms with E-state index in [1.54, 1.807) is 0 Å². The van der Waals surface area contributed by atoms with E-state index in [0.29, 0.717) is 11.8 Å². The van der Waals surface area contributed by atoms with Gasteiger partial charge >= 0.3 is 0 Å². The molecular weight excluding hydrogens is 170 g/mol. The van der Waals surface area contributed by atoms with E-state index < -0.39 is 0 Å². The third-order valence-electron chi connectivity index (χ3n) is 2.31. The fourth-order valence-electron chi connectivity index (χ4n) is 1.47. The van der Waals surface area contributed by atoms with Crippen molar-refractivity contribution in [2.24, 2.45) is 17.8 Å². The van der Waals surface area contributed by atoms with Gasteiger partial charge in [-0.25, -0.2) is 0 Å². The van der Waals surface area contributed by atoms with Gasteiger partial charge in [0.1, 0.15) is 0 Å². The van der Waals surface area contributed by atoms with Crippen molar-refractivity contribution in [1.29, 1.82) is 5.26 Å². The van der Waals surface area contributed by atoms with Crippen LogP contribution in [0.2, 0.25) is 0 Å². The molecule has 0 aliphatic rings. The topological polar surface area (TPSA) is 23.8 Å². The molecule has 1 unspecified atom stereocenters. The zero-order valence-electron chi connectivity index (χ0n) is 9.91. The second-order valence-electron chi connectivity index (χ2n) is 4.20. The van der Waals surface area contributed by atoms with Crippen LogP contribution in [0.15, 0.2) is 23.8 Å². The van der Waals surface area contributed by atoms with E-state index in [4.69, 9.17) is 5.26 Å². The van der Waals surface area contributed by atoms with Gasteiger partial charge in [0.05, 0.1) is 12.0 Å². The highest BCUT2D eigenvalue weighted by Crippen LogP contribution is 2.26. The molecule has 0 saturated heterocycles. The summed E-state index contributed by atoms with van der Waals surface area (Å²) in [6.07, 6.45) is 6.09. The van der Waals surface area contributed by atoms with Crippen LogP contribution in [0.4, 0.5) is 0 Å². The molecule has 0 N–H and O–H groups in total. The molecule has 1 nitrogen and oxygen atoms in total. The molecule has 0 radical (unpaired) electrons. The van der Waals surface area contributed by atoms with Gasteiger partial charge in [-0.1, -0.05) is 51.5 Å². The zero-order valence-corrected chi connectivity index (χ0v) is 9.91. The Morgan fingerprint density at radius 1 is 1.21 bits per heavy atom. The third-order valence-corrected chi connectivity index (χ3v) is 2.31. The summed E-state index contributed by atoms with van der Waals surface area (Å²) in [6.45, 7) is 10.5. The van der Waals surface area contributed by atoms with E-state index >= 15 is 0 Å². The van der Waals surface area contributed by atoms with Gasteiger partial charge in [-0.05, 0) is 18.8 Å². The Morgan fingerprint density at radius 2 is 1.79 bits per heavy atom. The molecule has 14 heavy (non-hydrogen) atoms. The molecule has 0 rings (SSSR count). The van der Waals surface area contributed by atoms with Crippen molar-refractivity contribution in [2.75, 3.05) is 0 Å². The molecular formula is C13H21N. The smallest absolute Gasteiger partial charge is 0.0703 e. The highest BCUT2D eigenvalue weighted by molar-refractivity contribution is 5.22. The number of nitrogens with zero attached hydrogens (tertiary/aromatic N) is 1. The van der Waals surface area contributed by atoms with Gasteiger partial charge in [0, 0.05) is 0 Å². The maximum Gasteiger partial charge on any atom is 0.0703 e. The third kappa shape index (κ3) is 3.79. The second-order valence-corrected chi connectivity index (χ2v) is 4.20. The average Bonchev–Trinajstić information content (AvgIpc) is 2.10. The minimum atomic E-state index is 0.0474. The van der Waals surface area contributed by atoms with Crippen LogP contribution < -0.4 is 0 Å². The van der Waals surface area contributed by atoms with E-state index in [2.05, 4.69) is 39.8 Å². The first-order valence-electron chi connectivity index (χ1n) is 5.27. The zero-order chi connectivity index (χ0) is 11.1. The van der Waals surface area contributed by atoms with Crippen LogP contribution in [0.1, 0.15) is 34.6 Å². The lowest BCUT2D eigenvalue weighted by atomic mass is 9.83. The Morgan fingerprint density at radius 3 is 2.07 bits per heavy atom. The fourth-order valence-corrected chi connectivity index (χ4v) is 1.47. The van der Waals surface area contributed by atoms with Crippen molar-refractivity contribution in [2.45, 2.75) is 34.6 Å². The lowest BCUT2D eigenvalue weighted by molar-refractivity contribution is 0.494. The quantitative estimate of drug-likeness (QED) is 0.617. The largest absolute Gasteiger partial charge is 0.198 e. The number of rotatable bonds is 4. The van der Waals surface area contributed by atoms with Crippen LogP contribution in [0, 0.1) is 29.1 Å². The van der Waals surface area contributed by atoms with Crippen molar-refractivity contribution in [3.05, 3.63) is 23.8 Å². The summed E-state index contributed by atoms with van der Waals surface area (Å²) >= 11 is 0. The van der Waals surface area contributed by atoms with E-state index in [9.17, 15) is 0 Å². The molecule has 0 spiro atoms. The maximum absolute atomic E-state index is 9.10. The van der Waals surface area contributed by atoms with Crippen LogP contribution in [-0.2, 0) is 0 Å². The van der Waals surface area contributed by atoms with Crippen molar-refractivity contribution in [3.8, 4) is 6.07 Å². The van der Waals surface area contributed by atoms with Gasteiger partial charge in [0.15, 0.2) is 0 Å². The molecule has 1 heteroatoms. The normalized spacial score (nSPS) is 15.1. The Kier molecular flexibility index (Phi) is 5.95. The number of hydrogen-bond donors (Lipinski definition) is 0. The minimum Gasteiger partial charge on any atom is -0.198 e. The molecule has 0 heterocycles. The molecule has 0 amide bonds. The molecule has 0 aromatic heterocycles. The summed E-state index contributed by atoms with van der Waals surface area (Å²) in [6, 6.07) is 2.39. The van der Waals surface area contributed by atoms with Crippen LogP contribution in [0.3, 0.4) is 0 Å². The molecule has 0 aromatic carbocycles. The standard InChI is InChI=1S/C13H21N/c1-6-7-8-12(10(2)3)13(9-14)11(4)5/h6-8,10-11,13H,1-5H3/b7-6-,12-8-. The Balaban J connectivity index is 4.90. The summed E-state index contributed by atoms with van der Waals surface area (Å²) in [5.74, 6) is 0.878. The molecule has 78 valence electrons. The predicted octanol–water partition coefficient (Wildman–Crippen LogP) is 3.94. The lowest BCUT2D eigenvalue weighted by Crippen LogP contribution is -2.13. The summed E-state index contributed by atoms with van der Waals surface area (Å²) in [5.41, 5.74) is 1.24. The van der Waals surface area contributed by atoms with Gasteiger partial charge in [-0.2, -0.15) is 5.26 Å². The first-order valence-corrected chi connectivity index (χ1v) is 5.27. The first kappa shape index (κ1) is 13.0. The Bertz CT molecular complexity index is 251. The number of allylic oxidation sites excluding steroid dienone is 4. The van der Waals surface area contributed by atoms with Crippen molar-refractivity contribution >= 4 is 0 Å². The predicted molar refractivity (Wildman–Crippen MR) is 61.7 cm³/mol. The minimum absolute atomic E-state index is 0.0474. The van der Waals surface area contributed by atoms with Gasteiger partial charge in [-0.15, -0.1) is 0 Å². The Labute approximate surface area is 88.1 Å². The van der Waals surface area contributed by atoms with Gasteiger partial charge in [-0.3, -0.25) is 0 Å². The molecule has 1 atom stereocenters. The fraction of sp³-hybridized carbons (Fsp3) is 0.615. The highest BCUT2D eigenvalue weighted by atomic mass is 14.3. The van der Waals surface area contributed by atoms with Gasteiger partial charge in [0.2, 0.25) is 0 Å². The van der Waals surface area contributed by atoms with Crippen LogP contribution >= 0.6 is 0 Å².